The predicted molar refractivity (Wildman–Crippen MR) is 116 cm³/mol. The molecule has 0 aliphatic rings. The molecule has 0 bridgehead atoms. The topological polar surface area (TPSA) is 79.7 Å². The average Bonchev–Trinajstić information content (AvgIpc) is 2.62. The minimum Gasteiger partial charge on any atom is -0.324 e. The molecule has 29 heavy (non-hydrogen) atoms. The summed E-state index contributed by atoms with van der Waals surface area (Å²) in [6, 6.07) is 12.1. The molecule has 0 radical (unpaired) electrons. The molecule has 0 spiro atoms. The van der Waals surface area contributed by atoms with E-state index in [1.54, 1.807) is 26.0 Å². The second kappa shape index (κ2) is 9.52. The van der Waals surface area contributed by atoms with Crippen molar-refractivity contribution in [1.29, 1.82) is 0 Å². The third-order valence-electron chi connectivity index (χ3n) is 4.92. The first kappa shape index (κ1) is 23.1. The molecule has 0 aliphatic heterocycles. The third kappa shape index (κ3) is 6.39. The van der Waals surface area contributed by atoms with Gasteiger partial charge in [0.2, 0.25) is 10.0 Å². The second-order valence-corrected chi connectivity index (χ2v) is 9.68. The van der Waals surface area contributed by atoms with E-state index < -0.39 is 10.0 Å². The molecule has 0 saturated heterocycles. The van der Waals surface area contributed by atoms with Gasteiger partial charge in [0.1, 0.15) is 6.54 Å². The van der Waals surface area contributed by atoms with Crippen molar-refractivity contribution in [3.8, 4) is 0 Å². The van der Waals surface area contributed by atoms with Gasteiger partial charge in [-0.25, -0.2) is 13.1 Å². The molecule has 0 saturated carbocycles. The Hall–Kier alpha value is -2.22. The van der Waals surface area contributed by atoms with Crippen molar-refractivity contribution in [1.82, 2.24) is 4.72 Å². The van der Waals surface area contributed by atoms with Crippen LogP contribution in [-0.4, -0.2) is 33.5 Å². The number of aryl methyl sites for hydroxylation is 2. The predicted octanol–water partition coefficient (Wildman–Crippen LogP) is 2.03. The summed E-state index contributed by atoms with van der Waals surface area (Å²) >= 11 is 0. The van der Waals surface area contributed by atoms with Crippen LogP contribution in [0.1, 0.15) is 37.5 Å². The van der Waals surface area contributed by atoms with Crippen LogP contribution in [0, 0.1) is 13.8 Å². The quantitative estimate of drug-likeness (QED) is 0.614. The second-order valence-electron chi connectivity index (χ2n) is 7.96. The molecule has 1 unspecified atom stereocenters. The lowest BCUT2D eigenvalue weighted by Gasteiger charge is -2.22. The highest BCUT2D eigenvalue weighted by Crippen LogP contribution is 2.15. The lowest BCUT2D eigenvalue weighted by atomic mass is 10.0. The summed E-state index contributed by atoms with van der Waals surface area (Å²) in [4.78, 5) is 13.9. The van der Waals surface area contributed by atoms with E-state index >= 15 is 0 Å². The molecule has 2 rings (SSSR count). The van der Waals surface area contributed by atoms with E-state index in [4.69, 9.17) is 0 Å². The highest BCUT2D eigenvalue weighted by atomic mass is 32.2. The van der Waals surface area contributed by atoms with Gasteiger partial charge in [0.05, 0.1) is 11.9 Å². The SMILES string of the molecule is Cc1ccc(C[NH+](C)[C@H](C)C(=O)Nc2ccc(S(=O)(=O)NC(C)C)cc2)c(C)c1. The Bertz CT molecular complexity index is 954. The zero-order valence-electron chi connectivity index (χ0n) is 18.0. The zero-order chi connectivity index (χ0) is 21.8. The van der Waals surface area contributed by atoms with Crippen molar-refractivity contribution in [3.63, 3.8) is 0 Å². The number of quaternary nitrogens is 1. The number of amides is 1. The molecule has 0 aromatic heterocycles. The first-order valence-corrected chi connectivity index (χ1v) is 11.3. The van der Waals surface area contributed by atoms with E-state index in [0.29, 0.717) is 5.69 Å². The smallest absolute Gasteiger partial charge is 0.282 e. The number of carbonyl (C=O) groups is 1. The highest BCUT2D eigenvalue weighted by Gasteiger charge is 2.23. The third-order valence-corrected chi connectivity index (χ3v) is 6.60. The fraction of sp³-hybridized carbons (Fsp3) is 0.409. The Morgan fingerprint density at radius 2 is 1.66 bits per heavy atom. The molecule has 2 aromatic carbocycles. The van der Waals surface area contributed by atoms with E-state index in [2.05, 4.69) is 42.1 Å². The molecular weight excluding hydrogens is 386 g/mol. The van der Waals surface area contributed by atoms with Crippen LogP contribution in [0.2, 0.25) is 0 Å². The van der Waals surface area contributed by atoms with Crippen LogP contribution in [0.15, 0.2) is 47.4 Å². The molecular formula is C22H32N3O3S+. The fourth-order valence-electron chi connectivity index (χ4n) is 3.07. The largest absolute Gasteiger partial charge is 0.324 e. The molecule has 0 heterocycles. The summed E-state index contributed by atoms with van der Waals surface area (Å²) in [5, 5.41) is 2.88. The van der Waals surface area contributed by atoms with Crippen molar-refractivity contribution in [3.05, 3.63) is 59.2 Å². The first-order valence-electron chi connectivity index (χ1n) is 9.81. The summed E-state index contributed by atoms with van der Waals surface area (Å²) in [7, 11) is -1.55. The number of hydrogen-bond donors (Lipinski definition) is 3. The van der Waals surface area contributed by atoms with Crippen LogP contribution in [-0.2, 0) is 21.4 Å². The molecule has 0 fully saturated rings. The Balaban J connectivity index is 2.01. The van der Waals surface area contributed by atoms with Crippen LogP contribution >= 0.6 is 0 Å². The zero-order valence-corrected chi connectivity index (χ0v) is 18.9. The standard InChI is InChI=1S/C22H31N3O3S/c1-15(2)24-29(27,28)21-11-9-20(10-12-21)23-22(26)18(5)25(6)14-19-8-7-16(3)13-17(19)4/h7-13,15,18,24H,14H2,1-6H3,(H,23,26)/p+1/t18-/m1/s1. The number of likely N-dealkylation sites (N-methyl/N-ethyl adjacent to an activating group) is 1. The maximum absolute atomic E-state index is 12.6. The monoisotopic (exact) mass is 418 g/mol. The number of sulfonamides is 1. The van der Waals surface area contributed by atoms with Crippen LogP contribution < -0.4 is 14.9 Å². The molecule has 0 aliphatic carbocycles. The van der Waals surface area contributed by atoms with Crippen LogP contribution in [0.25, 0.3) is 0 Å². The van der Waals surface area contributed by atoms with E-state index in [9.17, 15) is 13.2 Å². The number of anilines is 1. The molecule has 1 amide bonds. The van der Waals surface area contributed by atoms with Crippen molar-refractivity contribution in [2.75, 3.05) is 12.4 Å². The highest BCUT2D eigenvalue weighted by molar-refractivity contribution is 7.89. The van der Waals surface area contributed by atoms with Crippen molar-refractivity contribution < 1.29 is 18.1 Å². The maximum Gasteiger partial charge on any atom is 0.282 e. The van der Waals surface area contributed by atoms with Gasteiger partial charge in [0, 0.05) is 17.3 Å². The summed E-state index contributed by atoms with van der Waals surface area (Å²) < 4.78 is 26.9. The summed E-state index contributed by atoms with van der Waals surface area (Å²) in [6.07, 6.45) is 0. The number of carbonyl (C=O) groups excluding carboxylic acids is 1. The Morgan fingerprint density at radius 3 is 2.21 bits per heavy atom. The van der Waals surface area contributed by atoms with Crippen molar-refractivity contribution in [2.24, 2.45) is 0 Å². The van der Waals surface area contributed by atoms with Gasteiger partial charge in [-0.1, -0.05) is 23.8 Å². The minimum absolute atomic E-state index is 0.108. The number of hydrogen-bond acceptors (Lipinski definition) is 3. The summed E-state index contributed by atoms with van der Waals surface area (Å²) in [5.74, 6) is -0.108. The first-order chi connectivity index (χ1) is 13.5. The Morgan fingerprint density at radius 1 is 1.03 bits per heavy atom. The normalized spacial score (nSPS) is 13.9. The molecule has 7 heteroatoms. The molecule has 3 N–H and O–H groups in total. The van der Waals surface area contributed by atoms with Gasteiger partial charge in [-0.2, -0.15) is 0 Å². The van der Waals surface area contributed by atoms with E-state index in [1.165, 1.54) is 28.8 Å². The number of rotatable bonds is 8. The molecule has 2 atom stereocenters. The van der Waals surface area contributed by atoms with Gasteiger partial charge >= 0.3 is 0 Å². The minimum atomic E-state index is -3.54. The van der Waals surface area contributed by atoms with Gasteiger partial charge in [-0.3, -0.25) is 4.79 Å². The molecule has 2 aromatic rings. The lowest BCUT2D eigenvalue weighted by molar-refractivity contribution is -0.907. The number of benzene rings is 2. The van der Waals surface area contributed by atoms with Crippen LogP contribution in [0.5, 0.6) is 0 Å². The Kier molecular flexibility index (Phi) is 7.57. The van der Waals surface area contributed by atoms with Gasteiger partial charge in [-0.05, 0) is 64.4 Å². The van der Waals surface area contributed by atoms with E-state index in [0.717, 1.165) is 11.4 Å². The van der Waals surface area contributed by atoms with Gasteiger partial charge in [0.25, 0.3) is 5.91 Å². The maximum atomic E-state index is 12.6. The van der Waals surface area contributed by atoms with E-state index in [-0.39, 0.29) is 22.9 Å². The Labute approximate surface area is 174 Å². The van der Waals surface area contributed by atoms with Crippen molar-refractivity contribution in [2.45, 2.75) is 58.1 Å². The van der Waals surface area contributed by atoms with Gasteiger partial charge in [0.15, 0.2) is 6.04 Å². The van der Waals surface area contributed by atoms with Crippen molar-refractivity contribution >= 4 is 21.6 Å². The average molecular weight is 419 g/mol. The molecule has 6 nitrogen and oxygen atoms in total. The molecule has 158 valence electrons. The van der Waals surface area contributed by atoms with Gasteiger partial charge < -0.3 is 10.2 Å². The van der Waals surface area contributed by atoms with Crippen LogP contribution in [0.3, 0.4) is 0 Å². The lowest BCUT2D eigenvalue weighted by Crippen LogP contribution is -3.12. The van der Waals surface area contributed by atoms with Gasteiger partial charge in [-0.15, -0.1) is 0 Å². The number of nitrogens with one attached hydrogen (secondary N) is 3. The summed E-state index contributed by atoms with van der Waals surface area (Å²) in [5.41, 5.74) is 4.25. The fourth-order valence-corrected chi connectivity index (χ4v) is 4.32. The van der Waals surface area contributed by atoms with E-state index in [1.807, 2.05) is 14.0 Å². The van der Waals surface area contributed by atoms with Crippen LogP contribution in [0.4, 0.5) is 5.69 Å². The summed E-state index contributed by atoms with van der Waals surface area (Å²) in [6.45, 7) is 10.3.